The third kappa shape index (κ3) is 3.60. The zero-order valence-electron chi connectivity index (χ0n) is 11.4. The summed E-state index contributed by atoms with van der Waals surface area (Å²) in [6.45, 7) is 1.86. The highest BCUT2D eigenvalue weighted by Gasteiger charge is 2.34. The van der Waals surface area contributed by atoms with Crippen molar-refractivity contribution < 1.29 is 18.0 Å². The van der Waals surface area contributed by atoms with Crippen molar-refractivity contribution in [3.63, 3.8) is 0 Å². The number of nitrogens with zero attached hydrogens (tertiary/aromatic N) is 1. The van der Waals surface area contributed by atoms with Crippen LogP contribution >= 0.6 is 0 Å². The molecule has 1 aromatic carbocycles. The Bertz CT molecular complexity index is 476. The predicted octanol–water partition coefficient (Wildman–Crippen LogP) is 3.40. The first kappa shape index (κ1) is 15.0. The number of benzene rings is 1. The third-order valence-electron chi connectivity index (χ3n) is 3.92. The van der Waals surface area contributed by atoms with Gasteiger partial charge in [0.25, 0.3) is 0 Å². The Hall–Kier alpha value is -1.36. The summed E-state index contributed by atoms with van der Waals surface area (Å²) in [5.74, 6) is 0.286. The minimum atomic E-state index is -4.40. The van der Waals surface area contributed by atoms with Crippen LogP contribution < -0.4 is 0 Å². The molecule has 20 heavy (non-hydrogen) atoms. The Kier molecular flexibility index (Phi) is 4.48. The van der Waals surface area contributed by atoms with Gasteiger partial charge in [0.05, 0.1) is 5.56 Å². The van der Waals surface area contributed by atoms with E-state index in [-0.39, 0.29) is 11.5 Å². The van der Waals surface area contributed by atoms with Gasteiger partial charge >= 0.3 is 6.18 Å². The smallest absolute Gasteiger partial charge is 0.306 e. The molecule has 0 radical (unpaired) electrons. The molecule has 1 saturated heterocycles. The number of halogens is 3. The van der Waals surface area contributed by atoms with Crippen LogP contribution in [0.1, 0.15) is 34.3 Å². The quantitative estimate of drug-likeness (QED) is 0.793. The molecule has 0 atom stereocenters. The Morgan fingerprint density at radius 2 is 1.95 bits per heavy atom. The van der Waals surface area contributed by atoms with Gasteiger partial charge in [-0.25, -0.2) is 0 Å². The van der Waals surface area contributed by atoms with E-state index in [2.05, 4.69) is 4.90 Å². The minimum absolute atomic E-state index is 0.0736. The molecule has 110 valence electrons. The molecule has 2 nitrogen and oxygen atoms in total. The third-order valence-corrected chi connectivity index (χ3v) is 3.92. The normalized spacial score (nSPS) is 18.2. The number of aldehydes is 1. The molecule has 0 aliphatic carbocycles. The van der Waals surface area contributed by atoms with E-state index in [1.807, 2.05) is 7.05 Å². The van der Waals surface area contributed by atoms with Crippen molar-refractivity contribution in [3.05, 3.63) is 34.9 Å². The van der Waals surface area contributed by atoms with Gasteiger partial charge in [-0.15, -0.1) is 0 Å². The number of rotatable bonds is 3. The van der Waals surface area contributed by atoms with Crippen molar-refractivity contribution >= 4 is 6.29 Å². The molecule has 0 N–H and O–H groups in total. The molecular weight excluding hydrogens is 267 g/mol. The van der Waals surface area contributed by atoms with Crippen LogP contribution in [-0.2, 0) is 12.6 Å². The van der Waals surface area contributed by atoms with Crippen LogP contribution in [-0.4, -0.2) is 31.3 Å². The molecule has 0 bridgehead atoms. The van der Waals surface area contributed by atoms with Crippen LogP contribution in [0.4, 0.5) is 13.2 Å². The van der Waals surface area contributed by atoms with Crippen molar-refractivity contribution in [2.75, 3.05) is 20.1 Å². The summed E-state index contributed by atoms with van der Waals surface area (Å²) < 4.78 is 39.2. The summed E-state index contributed by atoms with van der Waals surface area (Å²) in [5, 5.41) is 0. The molecule has 0 aromatic heterocycles. The van der Waals surface area contributed by atoms with Gasteiger partial charge in [-0.3, -0.25) is 4.79 Å². The van der Waals surface area contributed by atoms with Crippen molar-refractivity contribution in [1.29, 1.82) is 0 Å². The molecule has 5 heteroatoms. The van der Waals surface area contributed by atoms with E-state index in [9.17, 15) is 18.0 Å². The zero-order valence-corrected chi connectivity index (χ0v) is 11.4. The first-order valence-electron chi connectivity index (χ1n) is 6.74. The van der Waals surface area contributed by atoms with Gasteiger partial charge in [0.2, 0.25) is 0 Å². The van der Waals surface area contributed by atoms with Crippen LogP contribution in [0.25, 0.3) is 0 Å². The number of carbonyl (C=O) groups excluding carboxylic acids is 1. The lowest BCUT2D eigenvalue weighted by Gasteiger charge is -2.29. The molecule has 1 heterocycles. The number of hydrogen-bond acceptors (Lipinski definition) is 2. The summed E-state index contributed by atoms with van der Waals surface area (Å²) >= 11 is 0. The van der Waals surface area contributed by atoms with Crippen LogP contribution in [0.3, 0.4) is 0 Å². The Labute approximate surface area is 116 Å². The minimum Gasteiger partial charge on any atom is -0.306 e. The first-order valence-corrected chi connectivity index (χ1v) is 6.74. The highest BCUT2D eigenvalue weighted by atomic mass is 19.4. The topological polar surface area (TPSA) is 20.3 Å². The Balaban J connectivity index is 2.20. The van der Waals surface area contributed by atoms with E-state index in [4.69, 9.17) is 0 Å². The summed E-state index contributed by atoms with van der Waals surface area (Å²) in [5.41, 5.74) is -0.289. The maximum atomic E-state index is 13.1. The van der Waals surface area contributed by atoms with Crippen molar-refractivity contribution in [3.8, 4) is 0 Å². The SMILES string of the molecule is CN1CCC(Cc2ccc(C=O)cc2C(F)(F)F)CC1. The fourth-order valence-corrected chi connectivity index (χ4v) is 2.69. The van der Waals surface area contributed by atoms with Gasteiger partial charge in [0.15, 0.2) is 0 Å². The van der Waals surface area contributed by atoms with Crippen molar-refractivity contribution in [1.82, 2.24) is 4.90 Å². The van der Waals surface area contributed by atoms with Crippen molar-refractivity contribution in [2.24, 2.45) is 5.92 Å². The van der Waals surface area contributed by atoms with Gasteiger partial charge in [-0.1, -0.05) is 12.1 Å². The Morgan fingerprint density at radius 1 is 1.30 bits per heavy atom. The molecule has 0 spiro atoms. The van der Waals surface area contributed by atoms with Gasteiger partial charge in [0.1, 0.15) is 6.29 Å². The number of likely N-dealkylation sites (tertiary alicyclic amines) is 1. The van der Waals surface area contributed by atoms with Gasteiger partial charge in [-0.05, 0) is 56.9 Å². The van der Waals surface area contributed by atoms with E-state index in [1.165, 1.54) is 12.1 Å². The van der Waals surface area contributed by atoms with Crippen LogP contribution in [0.2, 0.25) is 0 Å². The number of alkyl halides is 3. The number of hydrogen-bond donors (Lipinski definition) is 0. The molecule has 1 fully saturated rings. The van der Waals surface area contributed by atoms with Crippen molar-refractivity contribution in [2.45, 2.75) is 25.4 Å². The van der Waals surface area contributed by atoms with E-state index >= 15 is 0 Å². The van der Waals surface area contributed by atoms with E-state index < -0.39 is 11.7 Å². The first-order chi connectivity index (χ1) is 9.40. The largest absolute Gasteiger partial charge is 0.416 e. The maximum Gasteiger partial charge on any atom is 0.416 e. The van der Waals surface area contributed by atoms with Gasteiger partial charge in [-0.2, -0.15) is 13.2 Å². The fourth-order valence-electron chi connectivity index (χ4n) is 2.69. The molecule has 0 amide bonds. The number of carbonyl (C=O) groups is 1. The average molecular weight is 285 g/mol. The Morgan fingerprint density at radius 3 is 2.50 bits per heavy atom. The second kappa shape index (κ2) is 5.95. The van der Waals surface area contributed by atoms with Gasteiger partial charge in [0, 0.05) is 5.56 Å². The molecule has 1 aromatic rings. The second-order valence-electron chi connectivity index (χ2n) is 5.48. The highest BCUT2D eigenvalue weighted by molar-refractivity contribution is 5.75. The van der Waals surface area contributed by atoms with Gasteiger partial charge < -0.3 is 4.90 Å². The predicted molar refractivity (Wildman–Crippen MR) is 70.8 cm³/mol. The summed E-state index contributed by atoms with van der Waals surface area (Å²) in [4.78, 5) is 12.8. The molecular formula is C15H18F3NO. The number of piperidine rings is 1. The van der Waals surface area contributed by atoms with Crippen LogP contribution in [0.5, 0.6) is 0 Å². The van der Waals surface area contributed by atoms with Crippen LogP contribution in [0.15, 0.2) is 18.2 Å². The zero-order chi connectivity index (χ0) is 14.8. The second-order valence-corrected chi connectivity index (χ2v) is 5.48. The maximum absolute atomic E-state index is 13.1. The molecule has 0 saturated carbocycles. The summed E-state index contributed by atoms with van der Waals surface area (Å²) in [6.07, 6.45) is -1.68. The highest BCUT2D eigenvalue weighted by Crippen LogP contribution is 2.34. The summed E-state index contributed by atoms with van der Waals surface area (Å²) in [6, 6.07) is 3.87. The molecule has 1 aliphatic rings. The lowest BCUT2D eigenvalue weighted by molar-refractivity contribution is -0.138. The fraction of sp³-hybridized carbons (Fsp3) is 0.533. The summed E-state index contributed by atoms with van der Waals surface area (Å²) in [7, 11) is 2.02. The van der Waals surface area contributed by atoms with Crippen LogP contribution in [0, 0.1) is 5.92 Å². The lowest BCUT2D eigenvalue weighted by atomic mass is 9.88. The lowest BCUT2D eigenvalue weighted by Crippen LogP contribution is -2.31. The molecule has 0 unspecified atom stereocenters. The molecule has 1 aliphatic heterocycles. The standard InChI is InChI=1S/C15H18F3NO/c1-19-6-4-11(5-7-19)8-13-3-2-12(10-20)9-14(13)15(16,17)18/h2-3,9-11H,4-8H2,1H3. The average Bonchev–Trinajstić information content (AvgIpc) is 2.40. The van der Waals surface area contributed by atoms with E-state index in [1.54, 1.807) is 0 Å². The van der Waals surface area contributed by atoms with E-state index in [0.717, 1.165) is 32.0 Å². The molecule has 2 rings (SSSR count). The monoisotopic (exact) mass is 285 g/mol. The van der Waals surface area contributed by atoms with E-state index in [0.29, 0.717) is 18.3 Å².